The number of carbonyl (C=O) groups excluding carboxylic acids is 1. The zero-order valence-corrected chi connectivity index (χ0v) is 10.0. The number of aldehydes is 1. The van der Waals surface area contributed by atoms with E-state index >= 15 is 0 Å². The Morgan fingerprint density at radius 2 is 1.81 bits per heavy atom. The molecule has 0 bridgehead atoms. The summed E-state index contributed by atoms with van der Waals surface area (Å²) in [4.78, 5) is 10.9. The van der Waals surface area contributed by atoms with Crippen molar-refractivity contribution in [2.45, 2.75) is 19.3 Å². The van der Waals surface area contributed by atoms with Gasteiger partial charge in [-0.15, -0.1) is 0 Å². The van der Waals surface area contributed by atoms with Crippen LogP contribution in [0.25, 0.3) is 0 Å². The second-order valence-corrected chi connectivity index (χ2v) is 4.21. The lowest BCUT2D eigenvalue weighted by Crippen LogP contribution is -2.18. The minimum atomic E-state index is -0.439. The molecule has 0 atom stereocenters. The Labute approximate surface area is 96.4 Å². The highest BCUT2D eigenvalue weighted by Gasteiger charge is 2.18. The van der Waals surface area contributed by atoms with Crippen LogP contribution in [0.4, 0.5) is 0 Å². The monoisotopic (exact) mass is 222 g/mol. The van der Waals surface area contributed by atoms with Crippen molar-refractivity contribution in [2.75, 3.05) is 20.3 Å². The molecular formula is C13H18O3. The van der Waals surface area contributed by atoms with E-state index in [1.807, 2.05) is 38.1 Å². The molecule has 0 spiro atoms. The topological polar surface area (TPSA) is 35.5 Å². The van der Waals surface area contributed by atoms with Crippen LogP contribution in [0.5, 0.6) is 5.75 Å². The predicted octanol–water partition coefficient (Wildman–Crippen LogP) is 2.19. The van der Waals surface area contributed by atoms with Gasteiger partial charge in [0.2, 0.25) is 0 Å². The molecule has 1 aromatic carbocycles. The molecule has 3 nitrogen and oxygen atoms in total. The molecule has 0 saturated heterocycles. The molecule has 0 unspecified atom stereocenters. The van der Waals surface area contributed by atoms with Gasteiger partial charge in [0.1, 0.15) is 18.6 Å². The van der Waals surface area contributed by atoms with Crippen molar-refractivity contribution in [1.29, 1.82) is 0 Å². The molecule has 0 heterocycles. The van der Waals surface area contributed by atoms with Crippen LogP contribution in [-0.4, -0.2) is 26.6 Å². The summed E-state index contributed by atoms with van der Waals surface area (Å²) in [5, 5.41) is 0. The van der Waals surface area contributed by atoms with Crippen LogP contribution >= 0.6 is 0 Å². The van der Waals surface area contributed by atoms with Gasteiger partial charge in [-0.05, 0) is 31.5 Å². The Hall–Kier alpha value is -1.35. The average Bonchev–Trinajstić information content (AvgIpc) is 2.30. The molecule has 0 radical (unpaired) electrons. The summed E-state index contributed by atoms with van der Waals surface area (Å²) in [6.45, 7) is 4.88. The molecule has 0 N–H and O–H groups in total. The van der Waals surface area contributed by atoms with E-state index < -0.39 is 5.41 Å². The lowest BCUT2D eigenvalue weighted by molar-refractivity contribution is -0.111. The third kappa shape index (κ3) is 3.35. The first-order valence-corrected chi connectivity index (χ1v) is 5.29. The van der Waals surface area contributed by atoms with Crippen LogP contribution in [-0.2, 0) is 14.9 Å². The van der Waals surface area contributed by atoms with Crippen LogP contribution in [0, 0.1) is 0 Å². The highest BCUT2D eigenvalue weighted by Crippen LogP contribution is 2.23. The lowest BCUT2D eigenvalue weighted by Gasteiger charge is -2.17. The first-order valence-electron chi connectivity index (χ1n) is 5.29. The average molecular weight is 222 g/mol. The number of carbonyl (C=O) groups is 1. The number of methoxy groups -OCH3 is 1. The fourth-order valence-corrected chi connectivity index (χ4v) is 1.29. The van der Waals surface area contributed by atoms with Gasteiger partial charge in [0.15, 0.2) is 0 Å². The molecule has 0 fully saturated rings. The Bertz CT molecular complexity index is 328. The van der Waals surface area contributed by atoms with Gasteiger partial charge in [-0.25, -0.2) is 0 Å². The third-order valence-electron chi connectivity index (χ3n) is 2.45. The van der Waals surface area contributed by atoms with Crippen LogP contribution < -0.4 is 4.74 Å². The highest BCUT2D eigenvalue weighted by atomic mass is 16.5. The summed E-state index contributed by atoms with van der Waals surface area (Å²) in [6.07, 6.45) is 0.952. The Balaban J connectivity index is 2.64. The fourth-order valence-electron chi connectivity index (χ4n) is 1.29. The van der Waals surface area contributed by atoms with E-state index in [-0.39, 0.29) is 0 Å². The molecule has 0 aliphatic carbocycles. The van der Waals surface area contributed by atoms with Crippen molar-refractivity contribution in [3.63, 3.8) is 0 Å². The van der Waals surface area contributed by atoms with Gasteiger partial charge in [0.25, 0.3) is 0 Å². The third-order valence-corrected chi connectivity index (χ3v) is 2.45. The van der Waals surface area contributed by atoms with Gasteiger partial charge in [0.05, 0.1) is 6.61 Å². The quantitative estimate of drug-likeness (QED) is 0.546. The van der Waals surface area contributed by atoms with E-state index in [2.05, 4.69) is 0 Å². The molecule has 1 aromatic rings. The Kier molecular flexibility index (Phi) is 4.50. The minimum Gasteiger partial charge on any atom is -0.491 e. The van der Waals surface area contributed by atoms with Gasteiger partial charge in [-0.1, -0.05) is 12.1 Å². The summed E-state index contributed by atoms with van der Waals surface area (Å²) in [5.41, 5.74) is 0.548. The minimum absolute atomic E-state index is 0.439. The smallest absolute Gasteiger partial charge is 0.129 e. The molecule has 1 rings (SSSR count). The van der Waals surface area contributed by atoms with E-state index in [1.54, 1.807) is 7.11 Å². The largest absolute Gasteiger partial charge is 0.491 e. The van der Waals surface area contributed by atoms with Gasteiger partial charge in [-0.2, -0.15) is 0 Å². The summed E-state index contributed by atoms with van der Waals surface area (Å²) in [6, 6.07) is 7.57. The van der Waals surface area contributed by atoms with Crippen molar-refractivity contribution in [2.24, 2.45) is 0 Å². The van der Waals surface area contributed by atoms with Crippen molar-refractivity contribution >= 4 is 6.29 Å². The van der Waals surface area contributed by atoms with Crippen LogP contribution in [0.1, 0.15) is 19.4 Å². The van der Waals surface area contributed by atoms with Gasteiger partial charge >= 0.3 is 0 Å². The number of rotatable bonds is 6. The van der Waals surface area contributed by atoms with E-state index in [4.69, 9.17) is 9.47 Å². The number of hydrogen-bond acceptors (Lipinski definition) is 3. The maximum Gasteiger partial charge on any atom is 0.129 e. The van der Waals surface area contributed by atoms with Crippen LogP contribution in [0.15, 0.2) is 24.3 Å². The molecule has 0 aliphatic rings. The van der Waals surface area contributed by atoms with Gasteiger partial charge in [-0.3, -0.25) is 0 Å². The SMILES string of the molecule is COCCOc1ccc(C(C)(C)C=O)cc1. The number of ether oxygens (including phenoxy) is 2. The standard InChI is InChI=1S/C13H18O3/c1-13(2,10-14)11-4-6-12(7-5-11)16-9-8-15-3/h4-7,10H,8-9H2,1-3H3. The lowest BCUT2D eigenvalue weighted by atomic mass is 9.86. The first kappa shape index (κ1) is 12.7. The molecule has 0 amide bonds. The molecule has 16 heavy (non-hydrogen) atoms. The normalized spacial score (nSPS) is 11.2. The Morgan fingerprint density at radius 3 is 2.31 bits per heavy atom. The zero-order valence-electron chi connectivity index (χ0n) is 10.0. The van der Waals surface area contributed by atoms with Crippen LogP contribution in [0.2, 0.25) is 0 Å². The summed E-state index contributed by atoms with van der Waals surface area (Å²) >= 11 is 0. The second kappa shape index (κ2) is 5.66. The molecular weight excluding hydrogens is 204 g/mol. The second-order valence-electron chi connectivity index (χ2n) is 4.21. The van der Waals surface area contributed by atoms with E-state index in [0.29, 0.717) is 13.2 Å². The zero-order chi connectivity index (χ0) is 12.0. The van der Waals surface area contributed by atoms with E-state index in [1.165, 1.54) is 0 Å². The van der Waals surface area contributed by atoms with E-state index in [9.17, 15) is 4.79 Å². The van der Waals surface area contributed by atoms with Crippen molar-refractivity contribution in [1.82, 2.24) is 0 Å². The molecule has 0 aromatic heterocycles. The summed E-state index contributed by atoms with van der Waals surface area (Å²) in [5.74, 6) is 0.794. The predicted molar refractivity (Wildman–Crippen MR) is 62.9 cm³/mol. The molecule has 3 heteroatoms. The van der Waals surface area contributed by atoms with Crippen molar-refractivity contribution in [3.8, 4) is 5.75 Å². The molecule has 0 saturated carbocycles. The van der Waals surface area contributed by atoms with Crippen LogP contribution in [0.3, 0.4) is 0 Å². The molecule has 88 valence electrons. The molecule has 0 aliphatic heterocycles. The van der Waals surface area contributed by atoms with E-state index in [0.717, 1.165) is 17.6 Å². The number of benzene rings is 1. The summed E-state index contributed by atoms with van der Waals surface area (Å²) in [7, 11) is 1.64. The summed E-state index contributed by atoms with van der Waals surface area (Å²) < 4.78 is 10.3. The first-order chi connectivity index (χ1) is 7.60. The van der Waals surface area contributed by atoms with Gasteiger partial charge in [0, 0.05) is 12.5 Å². The Morgan fingerprint density at radius 1 is 1.19 bits per heavy atom. The maximum atomic E-state index is 10.9. The van der Waals surface area contributed by atoms with Gasteiger partial charge < -0.3 is 14.3 Å². The highest BCUT2D eigenvalue weighted by molar-refractivity contribution is 5.67. The van der Waals surface area contributed by atoms with Crippen molar-refractivity contribution in [3.05, 3.63) is 29.8 Å². The van der Waals surface area contributed by atoms with Crippen molar-refractivity contribution < 1.29 is 14.3 Å². The number of hydrogen-bond donors (Lipinski definition) is 0. The maximum absolute atomic E-state index is 10.9. The fraction of sp³-hybridized carbons (Fsp3) is 0.462.